The Morgan fingerprint density at radius 2 is 1.00 bits per heavy atom. The third-order valence-electron chi connectivity index (χ3n) is 0. The fraction of sp³-hybridized carbons (Fsp3) is 0. The first-order chi connectivity index (χ1) is 0. The average Bonchev–Trinajstić information content (AvgIpc) is 0. The van der Waals surface area contributed by atoms with Crippen LogP contribution in [0.3, 0.4) is 0 Å². The van der Waals surface area contributed by atoms with Crippen LogP contribution in [0.15, 0.2) is 0 Å². The standard InChI is InChI=1S/Cr.Cu.Ni.Ti/q+2;+1;2*+2. The van der Waals surface area contributed by atoms with E-state index >= 15 is 0 Å². The van der Waals surface area contributed by atoms with Crippen molar-refractivity contribution in [2.75, 3.05) is 0 Å². The molecule has 0 N–H and O–H groups in total. The summed E-state index contributed by atoms with van der Waals surface area (Å²) in [5.74, 6) is 0. The molecule has 0 aliphatic heterocycles. The molecule has 0 aromatic rings. The fourth-order valence-corrected chi connectivity index (χ4v) is 0. The second-order valence-electron chi connectivity index (χ2n) is 0. The zero-order valence-corrected chi connectivity index (χ0v) is 6.29. The smallest absolute Gasteiger partial charge is 1.00 e. The van der Waals surface area contributed by atoms with E-state index in [9.17, 15) is 0 Å². The summed E-state index contributed by atoms with van der Waals surface area (Å²) in [6, 6.07) is 0. The van der Waals surface area contributed by atoms with Crippen LogP contribution in [0.2, 0.25) is 0 Å². The first kappa shape index (κ1) is 33.9. The average molecular weight is 222 g/mol. The van der Waals surface area contributed by atoms with Crippen LogP contribution in [0.5, 0.6) is 0 Å². The van der Waals surface area contributed by atoms with Crippen LogP contribution in [0.25, 0.3) is 0 Å². The molecule has 0 rings (SSSR count). The van der Waals surface area contributed by atoms with Gasteiger partial charge in [0, 0.05) is 0 Å². The SMILES string of the molecule is [Cr+2].[Cu+].[Ni+2].[Ti+2]. The zero-order valence-electron chi connectivity index (χ0n) is 1.53. The molecule has 0 aliphatic carbocycles. The maximum Gasteiger partial charge on any atom is 2.00 e. The molecule has 0 aliphatic rings. The largest absolute Gasteiger partial charge is 2.00 e. The monoisotopic (exact) mass is 221 g/mol. The van der Waals surface area contributed by atoms with Crippen LogP contribution in [0, 0.1) is 0 Å². The molecule has 0 fully saturated rings. The quantitative estimate of drug-likeness (QED) is 0.506. The van der Waals surface area contributed by atoms with Gasteiger partial charge in [0.2, 0.25) is 0 Å². The Kier molecular flexibility index (Phi) is 158. The number of rotatable bonds is 0. The molecule has 0 saturated heterocycles. The maximum atomic E-state index is 0. The van der Waals surface area contributed by atoms with Crippen molar-refractivity contribution in [3.05, 3.63) is 0 Å². The van der Waals surface area contributed by atoms with Gasteiger partial charge in [0.05, 0.1) is 0 Å². The van der Waals surface area contributed by atoms with Gasteiger partial charge in [-0.25, -0.2) is 0 Å². The molecule has 0 atom stereocenters. The third kappa shape index (κ3) is 8.86. The van der Waals surface area contributed by atoms with E-state index in [0.29, 0.717) is 0 Å². The molecular weight excluding hydrogens is 222 g/mol. The van der Waals surface area contributed by atoms with Gasteiger partial charge in [-0.2, -0.15) is 0 Å². The van der Waals surface area contributed by atoms with E-state index in [-0.39, 0.29) is 72.6 Å². The summed E-state index contributed by atoms with van der Waals surface area (Å²) >= 11 is 0. The summed E-state index contributed by atoms with van der Waals surface area (Å²) in [6.45, 7) is 0. The maximum absolute atomic E-state index is 0. The van der Waals surface area contributed by atoms with Crippen LogP contribution in [0.4, 0.5) is 0 Å². The van der Waals surface area contributed by atoms with E-state index in [1.807, 2.05) is 0 Å². The second kappa shape index (κ2) is 18.7. The molecule has 0 amide bonds. The summed E-state index contributed by atoms with van der Waals surface area (Å²) in [7, 11) is 0. The van der Waals surface area contributed by atoms with E-state index in [1.54, 1.807) is 0 Å². The van der Waals surface area contributed by atoms with Gasteiger partial charge in [0.1, 0.15) is 0 Å². The van der Waals surface area contributed by atoms with Crippen molar-refractivity contribution in [1.29, 1.82) is 0 Å². The topological polar surface area (TPSA) is 0 Å². The summed E-state index contributed by atoms with van der Waals surface area (Å²) in [4.78, 5) is 0. The van der Waals surface area contributed by atoms with E-state index in [1.165, 1.54) is 0 Å². The molecular formula is CrCuNiTi+7. The van der Waals surface area contributed by atoms with Crippen LogP contribution in [-0.4, -0.2) is 0 Å². The van der Waals surface area contributed by atoms with E-state index < -0.39 is 0 Å². The predicted octanol–water partition coefficient (Wildman–Crippen LogP) is -0.0100. The van der Waals surface area contributed by atoms with Gasteiger partial charge in [0.15, 0.2) is 0 Å². The molecule has 0 aromatic heterocycles. The molecule has 0 spiro atoms. The van der Waals surface area contributed by atoms with Gasteiger partial charge in [0.25, 0.3) is 0 Å². The van der Waals surface area contributed by atoms with Crippen molar-refractivity contribution >= 4 is 0 Å². The Morgan fingerprint density at radius 1 is 1.00 bits per heavy atom. The van der Waals surface area contributed by atoms with Crippen LogP contribution in [0.1, 0.15) is 0 Å². The molecule has 0 nitrogen and oxygen atoms in total. The van der Waals surface area contributed by atoms with Crippen molar-refractivity contribution in [1.82, 2.24) is 0 Å². The van der Waals surface area contributed by atoms with Crippen molar-refractivity contribution in [3.8, 4) is 0 Å². The van der Waals surface area contributed by atoms with Crippen molar-refractivity contribution in [3.63, 3.8) is 0 Å². The van der Waals surface area contributed by atoms with Crippen LogP contribution in [-0.2, 0) is 72.6 Å². The second-order valence-corrected chi connectivity index (χ2v) is 0. The fourth-order valence-electron chi connectivity index (χ4n) is 0. The third-order valence-corrected chi connectivity index (χ3v) is 0. The van der Waals surface area contributed by atoms with Gasteiger partial charge in [-0.05, 0) is 0 Å². The summed E-state index contributed by atoms with van der Waals surface area (Å²) in [6.07, 6.45) is 0. The molecule has 4 heavy (non-hydrogen) atoms. The van der Waals surface area contributed by atoms with E-state index in [0.717, 1.165) is 0 Å². The molecule has 4 heteroatoms. The first-order valence-electron chi connectivity index (χ1n) is 0. The minimum Gasteiger partial charge on any atom is 1.00 e. The summed E-state index contributed by atoms with van der Waals surface area (Å²) in [5.41, 5.74) is 0. The van der Waals surface area contributed by atoms with Crippen molar-refractivity contribution in [2.45, 2.75) is 0 Å². The van der Waals surface area contributed by atoms with Gasteiger partial charge in [-0.3, -0.25) is 0 Å². The molecule has 0 unspecified atom stereocenters. The Morgan fingerprint density at radius 3 is 1.00 bits per heavy atom. The Hall–Kier alpha value is 2.26. The predicted molar refractivity (Wildman–Crippen MR) is 0 cm³/mol. The van der Waals surface area contributed by atoms with Crippen LogP contribution < -0.4 is 0 Å². The number of hydrogen-bond donors (Lipinski definition) is 0. The Labute approximate surface area is 71.9 Å². The molecule has 0 radical (unpaired) electrons. The summed E-state index contributed by atoms with van der Waals surface area (Å²) < 4.78 is 0. The minimum absolute atomic E-state index is 0. The van der Waals surface area contributed by atoms with Crippen molar-refractivity contribution < 1.29 is 72.6 Å². The molecule has 0 bridgehead atoms. The van der Waals surface area contributed by atoms with E-state index in [4.69, 9.17) is 0 Å². The first-order valence-corrected chi connectivity index (χ1v) is 0. The Balaban J connectivity index is 0. The normalized spacial score (nSPS) is 0. The van der Waals surface area contributed by atoms with Gasteiger partial charge < -0.3 is 0 Å². The van der Waals surface area contributed by atoms with Gasteiger partial charge in [-0.1, -0.05) is 0 Å². The molecule has 24 valence electrons. The van der Waals surface area contributed by atoms with Crippen molar-refractivity contribution in [2.24, 2.45) is 0 Å². The molecule has 0 aromatic carbocycles. The zero-order chi connectivity index (χ0) is 0. The summed E-state index contributed by atoms with van der Waals surface area (Å²) in [5, 5.41) is 0. The van der Waals surface area contributed by atoms with Crippen LogP contribution >= 0.6 is 0 Å². The number of hydrogen-bond acceptors (Lipinski definition) is 0. The van der Waals surface area contributed by atoms with Gasteiger partial charge in [-0.15, -0.1) is 0 Å². The van der Waals surface area contributed by atoms with E-state index in [2.05, 4.69) is 0 Å². The molecule has 0 heterocycles. The Bertz CT molecular complexity index is 8.00. The molecule has 0 saturated carbocycles. The minimum atomic E-state index is 0. The van der Waals surface area contributed by atoms with Gasteiger partial charge >= 0.3 is 72.6 Å².